The van der Waals surface area contributed by atoms with Gasteiger partial charge in [0.05, 0.1) is 11.8 Å². The lowest BCUT2D eigenvalue weighted by molar-refractivity contribution is -0.127. The van der Waals surface area contributed by atoms with Crippen molar-refractivity contribution in [2.24, 2.45) is 17.3 Å². The van der Waals surface area contributed by atoms with Gasteiger partial charge < -0.3 is 15.6 Å². The third kappa shape index (κ3) is 6.10. The Morgan fingerprint density at radius 1 is 1.31 bits per heavy atom. The summed E-state index contributed by atoms with van der Waals surface area (Å²) in [5.74, 6) is -1.46. The van der Waals surface area contributed by atoms with Gasteiger partial charge in [-0.1, -0.05) is 32.4 Å². The van der Waals surface area contributed by atoms with E-state index in [1.807, 2.05) is 26.8 Å². The van der Waals surface area contributed by atoms with E-state index >= 15 is 0 Å². The van der Waals surface area contributed by atoms with Gasteiger partial charge in [0.1, 0.15) is 6.04 Å². The lowest BCUT2D eigenvalue weighted by Crippen LogP contribution is -2.41. The molecule has 2 aromatic rings. The first kappa shape index (κ1) is 23.8. The maximum absolute atomic E-state index is 13.1. The number of halogens is 1. The Balaban J connectivity index is 1.72. The highest BCUT2D eigenvalue weighted by atomic mass is 35.5. The van der Waals surface area contributed by atoms with Gasteiger partial charge in [0.2, 0.25) is 11.8 Å². The van der Waals surface area contributed by atoms with E-state index in [1.54, 1.807) is 18.2 Å². The second kappa shape index (κ2) is 9.74. The number of carbonyl (C=O) groups excluding carboxylic acids is 3. The maximum atomic E-state index is 13.1. The third-order valence-electron chi connectivity index (χ3n) is 5.70. The molecule has 0 unspecified atom stereocenters. The highest BCUT2D eigenvalue weighted by Crippen LogP contribution is 2.29. The number of ketones is 1. The van der Waals surface area contributed by atoms with Crippen LogP contribution >= 0.6 is 11.6 Å². The molecule has 1 fully saturated rings. The number of carbonyl (C=O) groups is 3. The molecule has 1 saturated heterocycles. The summed E-state index contributed by atoms with van der Waals surface area (Å²) in [6.45, 7) is 6.61. The number of amides is 2. The average Bonchev–Trinajstić information content (AvgIpc) is 3.31. The summed E-state index contributed by atoms with van der Waals surface area (Å²) in [4.78, 5) is 41.0. The van der Waals surface area contributed by atoms with Crippen molar-refractivity contribution in [1.82, 2.24) is 15.6 Å². The number of nitrogens with one attached hydrogen (secondary N) is 3. The van der Waals surface area contributed by atoms with Crippen molar-refractivity contribution in [1.29, 1.82) is 5.26 Å². The largest absolute Gasteiger partial charge is 0.356 e. The molecule has 1 aliphatic rings. The third-order valence-corrected chi connectivity index (χ3v) is 5.94. The Labute approximate surface area is 192 Å². The van der Waals surface area contributed by atoms with Crippen molar-refractivity contribution < 1.29 is 14.4 Å². The molecule has 3 N–H and O–H groups in total. The number of hydrogen-bond donors (Lipinski definition) is 3. The van der Waals surface area contributed by atoms with Crippen LogP contribution in [-0.4, -0.2) is 35.2 Å². The Hall–Kier alpha value is -2.85. The number of nitriles is 1. The van der Waals surface area contributed by atoms with Crippen molar-refractivity contribution in [3.05, 3.63) is 35.0 Å². The molecule has 1 aromatic carbocycles. The highest BCUT2D eigenvalue weighted by Gasteiger charge is 2.32. The number of H-pyrrole nitrogens is 1. The number of aromatic amines is 1. The van der Waals surface area contributed by atoms with Gasteiger partial charge in [-0.2, -0.15) is 5.26 Å². The molecule has 32 heavy (non-hydrogen) atoms. The van der Waals surface area contributed by atoms with Crippen LogP contribution in [0.5, 0.6) is 0 Å². The standard InChI is InChI=1S/C24H29ClN4O3/c1-24(2,3)12-16(23(32)28-18(13-26)9-14-6-7-27-22(14)31)11-21(30)20-10-15-8-17(25)4-5-19(15)29-20/h4-5,8,10,14,16,18,29H,6-7,9,11-12H2,1-3H3,(H,27,31)(H,28,32)/t14-,16-,18-/m0/s1. The van der Waals surface area contributed by atoms with Crippen molar-refractivity contribution in [2.45, 2.75) is 52.5 Å². The summed E-state index contributed by atoms with van der Waals surface area (Å²) >= 11 is 6.03. The first-order valence-corrected chi connectivity index (χ1v) is 11.2. The average molecular weight is 457 g/mol. The molecule has 3 atom stereocenters. The molecule has 0 aliphatic carbocycles. The Kier molecular flexibility index (Phi) is 7.25. The zero-order valence-electron chi connectivity index (χ0n) is 18.6. The molecular formula is C24H29ClN4O3. The van der Waals surface area contributed by atoms with Gasteiger partial charge in [-0.15, -0.1) is 0 Å². The molecule has 8 heteroatoms. The lowest BCUT2D eigenvalue weighted by atomic mass is 9.81. The zero-order chi connectivity index (χ0) is 23.5. The Bertz CT molecular complexity index is 1060. The molecule has 170 valence electrons. The number of hydrogen-bond acceptors (Lipinski definition) is 4. The smallest absolute Gasteiger partial charge is 0.224 e. The molecule has 0 bridgehead atoms. The van der Waals surface area contributed by atoms with Gasteiger partial charge in [0, 0.05) is 40.7 Å². The topological polar surface area (TPSA) is 115 Å². The molecule has 1 aliphatic heterocycles. The molecule has 1 aromatic heterocycles. The van der Waals surface area contributed by atoms with E-state index < -0.39 is 12.0 Å². The predicted octanol–water partition coefficient (Wildman–Crippen LogP) is 3.98. The monoisotopic (exact) mass is 456 g/mol. The number of Topliss-reactive ketones (excluding diaryl/α,β-unsaturated/α-hetero) is 1. The zero-order valence-corrected chi connectivity index (χ0v) is 19.4. The van der Waals surface area contributed by atoms with Crippen molar-refractivity contribution in [3.63, 3.8) is 0 Å². The van der Waals surface area contributed by atoms with Crippen molar-refractivity contribution >= 4 is 40.1 Å². The number of nitrogens with zero attached hydrogens (tertiary/aromatic N) is 1. The number of aromatic nitrogens is 1. The van der Waals surface area contributed by atoms with Gasteiger partial charge in [-0.3, -0.25) is 14.4 Å². The molecule has 3 rings (SSSR count). The van der Waals surface area contributed by atoms with Gasteiger partial charge in [-0.05, 0) is 48.9 Å². The van der Waals surface area contributed by atoms with E-state index in [2.05, 4.69) is 21.7 Å². The van der Waals surface area contributed by atoms with E-state index in [1.165, 1.54) is 0 Å². The van der Waals surface area contributed by atoms with E-state index in [-0.39, 0.29) is 41.8 Å². The summed E-state index contributed by atoms with van der Waals surface area (Å²) in [5, 5.41) is 16.4. The molecule has 2 amide bonds. The maximum Gasteiger partial charge on any atom is 0.224 e. The summed E-state index contributed by atoms with van der Waals surface area (Å²) in [6.07, 6.45) is 1.43. The van der Waals surface area contributed by atoms with E-state index in [9.17, 15) is 19.6 Å². The van der Waals surface area contributed by atoms with Crippen LogP contribution in [0.25, 0.3) is 10.9 Å². The van der Waals surface area contributed by atoms with Crippen LogP contribution in [0.4, 0.5) is 0 Å². The minimum absolute atomic E-state index is 0.0196. The fourth-order valence-electron chi connectivity index (χ4n) is 4.17. The van der Waals surface area contributed by atoms with Crippen LogP contribution in [0.1, 0.15) is 56.9 Å². The summed E-state index contributed by atoms with van der Waals surface area (Å²) in [6, 6.07) is 8.39. The molecule has 0 saturated carbocycles. The second-order valence-electron chi connectivity index (χ2n) is 9.71. The van der Waals surface area contributed by atoms with Crippen molar-refractivity contribution in [2.75, 3.05) is 6.54 Å². The van der Waals surface area contributed by atoms with E-state index in [0.717, 1.165) is 10.9 Å². The van der Waals surface area contributed by atoms with Crippen LogP contribution < -0.4 is 10.6 Å². The van der Waals surface area contributed by atoms with Gasteiger partial charge in [0.25, 0.3) is 0 Å². The summed E-state index contributed by atoms with van der Waals surface area (Å²) in [5.41, 5.74) is 1.03. The first-order chi connectivity index (χ1) is 15.1. The number of rotatable bonds is 8. The fraction of sp³-hybridized carbons (Fsp3) is 0.500. The predicted molar refractivity (Wildman–Crippen MR) is 123 cm³/mol. The molecular weight excluding hydrogens is 428 g/mol. The quantitative estimate of drug-likeness (QED) is 0.521. The summed E-state index contributed by atoms with van der Waals surface area (Å²) < 4.78 is 0. The van der Waals surface area contributed by atoms with Gasteiger partial charge in [-0.25, -0.2) is 0 Å². The van der Waals surface area contributed by atoms with Crippen LogP contribution in [0, 0.1) is 28.6 Å². The van der Waals surface area contributed by atoms with Gasteiger partial charge in [0.15, 0.2) is 5.78 Å². The molecule has 7 nitrogen and oxygen atoms in total. The number of fused-ring (bicyclic) bond motifs is 1. The SMILES string of the molecule is CC(C)(C)C[C@H](CC(=O)c1cc2cc(Cl)ccc2[nH]1)C(=O)N[C@H](C#N)C[C@@H]1CCNC1=O. The minimum atomic E-state index is -0.774. The van der Waals surface area contributed by atoms with Crippen LogP contribution in [0.2, 0.25) is 5.02 Å². The van der Waals surface area contributed by atoms with E-state index in [4.69, 9.17) is 11.6 Å². The normalized spacial score (nSPS) is 18.1. The fourth-order valence-corrected chi connectivity index (χ4v) is 4.35. The second-order valence-corrected chi connectivity index (χ2v) is 10.1. The molecule has 0 radical (unpaired) electrons. The Morgan fingerprint density at radius 2 is 2.06 bits per heavy atom. The van der Waals surface area contributed by atoms with Crippen LogP contribution in [-0.2, 0) is 9.59 Å². The van der Waals surface area contributed by atoms with Crippen molar-refractivity contribution in [3.8, 4) is 6.07 Å². The van der Waals surface area contributed by atoms with Crippen LogP contribution in [0.3, 0.4) is 0 Å². The van der Waals surface area contributed by atoms with Crippen LogP contribution in [0.15, 0.2) is 24.3 Å². The lowest BCUT2D eigenvalue weighted by Gasteiger charge is -2.26. The first-order valence-electron chi connectivity index (χ1n) is 10.8. The Morgan fingerprint density at radius 3 is 2.69 bits per heavy atom. The highest BCUT2D eigenvalue weighted by molar-refractivity contribution is 6.31. The van der Waals surface area contributed by atoms with Gasteiger partial charge >= 0.3 is 0 Å². The minimum Gasteiger partial charge on any atom is -0.356 e. The molecule has 2 heterocycles. The summed E-state index contributed by atoms with van der Waals surface area (Å²) in [7, 11) is 0. The number of benzene rings is 1. The van der Waals surface area contributed by atoms with E-state index in [0.29, 0.717) is 30.1 Å². The molecule has 0 spiro atoms.